The van der Waals surface area contributed by atoms with Crippen LogP contribution < -0.4 is 5.32 Å². The smallest absolute Gasteiger partial charge is 0.292 e. The van der Waals surface area contributed by atoms with E-state index in [4.69, 9.17) is 0 Å². The van der Waals surface area contributed by atoms with Crippen LogP contribution in [0.5, 0.6) is 5.75 Å². The fraction of sp³-hybridized carbons (Fsp3) is 0.143. The van der Waals surface area contributed by atoms with Crippen molar-refractivity contribution in [3.05, 3.63) is 63.7 Å². The van der Waals surface area contributed by atoms with E-state index in [1.165, 1.54) is 6.07 Å². The molecule has 5 nitrogen and oxygen atoms in total. The van der Waals surface area contributed by atoms with Crippen molar-refractivity contribution in [1.82, 2.24) is 0 Å². The number of nitro groups is 1. The Morgan fingerprint density at radius 3 is 2.43 bits per heavy atom. The lowest BCUT2D eigenvalue weighted by atomic mass is 10.1. The SMILES string of the molecule is CC(Nc1cc(F)ccc1[N+](=O)[O-])c1ccc(F)cc1O. The quantitative estimate of drug-likeness (QED) is 0.665. The third-order valence-electron chi connectivity index (χ3n) is 2.99. The lowest BCUT2D eigenvalue weighted by Crippen LogP contribution is -2.09. The zero-order chi connectivity index (χ0) is 15.6. The summed E-state index contributed by atoms with van der Waals surface area (Å²) >= 11 is 0. The highest BCUT2D eigenvalue weighted by Gasteiger charge is 2.18. The number of anilines is 1. The summed E-state index contributed by atoms with van der Waals surface area (Å²) in [4.78, 5) is 10.3. The number of halogens is 2. The van der Waals surface area contributed by atoms with Gasteiger partial charge in [-0.1, -0.05) is 6.07 Å². The van der Waals surface area contributed by atoms with Crippen LogP contribution >= 0.6 is 0 Å². The number of benzene rings is 2. The summed E-state index contributed by atoms with van der Waals surface area (Å²) in [7, 11) is 0. The van der Waals surface area contributed by atoms with Gasteiger partial charge in [-0.05, 0) is 19.1 Å². The molecule has 0 bridgehead atoms. The van der Waals surface area contributed by atoms with Crippen molar-refractivity contribution in [3.63, 3.8) is 0 Å². The van der Waals surface area contributed by atoms with Gasteiger partial charge in [-0.25, -0.2) is 8.78 Å². The van der Waals surface area contributed by atoms with Crippen LogP contribution in [0.4, 0.5) is 20.2 Å². The molecule has 0 fully saturated rings. The van der Waals surface area contributed by atoms with Gasteiger partial charge in [-0.3, -0.25) is 10.1 Å². The van der Waals surface area contributed by atoms with E-state index in [0.717, 1.165) is 30.3 Å². The van der Waals surface area contributed by atoms with E-state index in [9.17, 15) is 24.0 Å². The maximum Gasteiger partial charge on any atom is 0.292 e. The minimum Gasteiger partial charge on any atom is -0.507 e. The number of phenols is 1. The van der Waals surface area contributed by atoms with Crippen LogP contribution in [0.15, 0.2) is 36.4 Å². The van der Waals surface area contributed by atoms with Crippen LogP contribution in [0.2, 0.25) is 0 Å². The highest BCUT2D eigenvalue weighted by Crippen LogP contribution is 2.31. The molecular formula is C14H12F2N2O3. The van der Waals surface area contributed by atoms with E-state index in [1.54, 1.807) is 6.92 Å². The molecule has 1 atom stereocenters. The second-order valence-electron chi connectivity index (χ2n) is 4.49. The summed E-state index contributed by atoms with van der Waals surface area (Å²) < 4.78 is 26.2. The first-order valence-corrected chi connectivity index (χ1v) is 6.07. The first-order chi connectivity index (χ1) is 9.88. The van der Waals surface area contributed by atoms with Crippen molar-refractivity contribution >= 4 is 11.4 Å². The Kier molecular flexibility index (Phi) is 4.02. The fourth-order valence-corrected chi connectivity index (χ4v) is 1.98. The van der Waals surface area contributed by atoms with Gasteiger partial charge in [-0.15, -0.1) is 0 Å². The lowest BCUT2D eigenvalue weighted by Gasteiger charge is -2.17. The monoisotopic (exact) mass is 294 g/mol. The van der Waals surface area contributed by atoms with Gasteiger partial charge >= 0.3 is 0 Å². The standard InChI is InChI=1S/C14H12F2N2O3/c1-8(11-4-2-10(16)7-14(11)19)17-12-6-9(15)3-5-13(12)18(20)21/h2-8,17,19H,1H3. The van der Waals surface area contributed by atoms with Gasteiger partial charge < -0.3 is 10.4 Å². The summed E-state index contributed by atoms with van der Waals surface area (Å²) in [6.45, 7) is 1.61. The minimum absolute atomic E-state index is 0.0174. The largest absolute Gasteiger partial charge is 0.507 e. The molecule has 0 aliphatic heterocycles. The van der Waals surface area contributed by atoms with Crippen molar-refractivity contribution < 1.29 is 18.8 Å². The van der Waals surface area contributed by atoms with Crippen molar-refractivity contribution in [2.24, 2.45) is 0 Å². The number of phenolic OH excluding ortho intramolecular Hbond substituents is 1. The molecule has 2 rings (SSSR count). The summed E-state index contributed by atoms with van der Waals surface area (Å²) in [6.07, 6.45) is 0. The van der Waals surface area contributed by atoms with Gasteiger partial charge in [0.1, 0.15) is 23.1 Å². The van der Waals surface area contributed by atoms with Gasteiger partial charge in [0, 0.05) is 23.8 Å². The maximum atomic E-state index is 13.2. The topological polar surface area (TPSA) is 75.4 Å². The molecule has 0 aliphatic carbocycles. The predicted octanol–water partition coefficient (Wildman–Crippen LogP) is 3.75. The Balaban J connectivity index is 2.33. The third kappa shape index (κ3) is 3.25. The second kappa shape index (κ2) is 5.74. The minimum atomic E-state index is -0.640. The molecule has 0 aromatic heterocycles. The van der Waals surface area contributed by atoms with E-state index < -0.39 is 22.6 Å². The van der Waals surface area contributed by atoms with Crippen molar-refractivity contribution in [3.8, 4) is 5.75 Å². The molecule has 0 saturated carbocycles. The van der Waals surface area contributed by atoms with E-state index in [-0.39, 0.29) is 17.1 Å². The Morgan fingerprint density at radius 1 is 1.19 bits per heavy atom. The zero-order valence-electron chi connectivity index (χ0n) is 11.0. The number of nitro benzene ring substituents is 1. The molecule has 0 spiro atoms. The van der Waals surface area contributed by atoms with Crippen molar-refractivity contribution in [1.29, 1.82) is 0 Å². The van der Waals surface area contributed by atoms with Crippen LogP contribution in [0, 0.1) is 21.7 Å². The van der Waals surface area contributed by atoms with E-state index in [1.807, 2.05) is 0 Å². The average Bonchev–Trinajstić information content (AvgIpc) is 2.37. The zero-order valence-corrected chi connectivity index (χ0v) is 11.0. The Hall–Kier alpha value is -2.70. The van der Waals surface area contributed by atoms with Gasteiger partial charge in [0.2, 0.25) is 0 Å². The highest BCUT2D eigenvalue weighted by molar-refractivity contribution is 5.62. The summed E-state index contributed by atoms with van der Waals surface area (Å²) in [5, 5.41) is 23.3. The van der Waals surface area contributed by atoms with E-state index in [0.29, 0.717) is 5.56 Å². The first kappa shape index (κ1) is 14.7. The molecule has 0 aliphatic rings. The Labute approximate surface area is 119 Å². The summed E-state index contributed by atoms with van der Waals surface area (Å²) in [5.41, 5.74) is 0.0380. The number of aromatic hydroxyl groups is 1. The summed E-state index contributed by atoms with van der Waals surface area (Å²) in [6, 6.07) is 5.91. The number of nitrogens with one attached hydrogen (secondary N) is 1. The average molecular weight is 294 g/mol. The van der Waals surface area contributed by atoms with Crippen LogP contribution in [-0.4, -0.2) is 10.0 Å². The third-order valence-corrected chi connectivity index (χ3v) is 2.99. The molecule has 110 valence electrons. The highest BCUT2D eigenvalue weighted by atomic mass is 19.1. The van der Waals surface area contributed by atoms with Crippen LogP contribution in [0.25, 0.3) is 0 Å². The van der Waals surface area contributed by atoms with Crippen molar-refractivity contribution in [2.45, 2.75) is 13.0 Å². The van der Waals surface area contributed by atoms with Gasteiger partial charge in [0.05, 0.1) is 11.0 Å². The molecule has 0 radical (unpaired) electrons. The fourth-order valence-electron chi connectivity index (χ4n) is 1.98. The normalized spacial score (nSPS) is 12.0. The molecule has 7 heteroatoms. The van der Waals surface area contributed by atoms with Crippen LogP contribution in [0.3, 0.4) is 0 Å². The maximum absolute atomic E-state index is 13.2. The molecular weight excluding hydrogens is 282 g/mol. The number of nitrogens with zero attached hydrogens (tertiary/aromatic N) is 1. The molecule has 0 saturated heterocycles. The second-order valence-corrected chi connectivity index (χ2v) is 4.49. The molecule has 2 aromatic rings. The van der Waals surface area contributed by atoms with Crippen LogP contribution in [0.1, 0.15) is 18.5 Å². The Morgan fingerprint density at radius 2 is 1.81 bits per heavy atom. The van der Waals surface area contributed by atoms with E-state index in [2.05, 4.69) is 5.32 Å². The predicted molar refractivity (Wildman–Crippen MR) is 73.2 cm³/mol. The first-order valence-electron chi connectivity index (χ1n) is 6.07. The molecule has 1 unspecified atom stereocenters. The molecule has 21 heavy (non-hydrogen) atoms. The Bertz CT molecular complexity index is 692. The van der Waals surface area contributed by atoms with Gasteiger partial charge in [0.15, 0.2) is 0 Å². The summed E-state index contributed by atoms with van der Waals surface area (Å²) in [5.74, 6) is -1.51. The molecule has 0 amide bonds. The van der Waals surface area contributed by atoms with Gasteiger partial charge in [0.25, 0.3) is 5.69 Å². The van der Waals surface area contributed by atoms with Crippen molar-refractivity contribution in [2.75, 3.05) is 5.32 Å². The lowest BCUT2D eigenvalue weighted by molar-refractivity contribution is -0.384. The van der Waals surface area contributed by atoms with E-state index >= 15 is 0 Å². The molecule has 0 heterocycles. The number of hydrogen-bond donors (Lipinski definition) is 2. The van der Waals surface area contributed by atoms with Crippen LogP contribution in [-0.2, 0) is 0 Å². The number of rotatable bonds is 4. The molecule has 2 N–H and O–H groups in total. The number of hydrogen-bond acceptors (Lipinski definition) is 4. The van der Waals surface area contributed by atoms with Gasteiger partial charge in [-0.2, -0.15) is 0 Å². The molecule has 2 aromatic carbocycles.